The number of hydrogen-bond donors (Lipinski definition) is 0. The standard InChI is InChI=1S/C23H22OSe/c1-24-23(20-13-7-3-8-14-20)18-22(17-19-11-5-2-6-12-19)25-21-15-9-4-10-16-21/h2-17,23H,18H2,1H3/b22-17-/t23-/m1/s1. The molecule has 2 heteroatoms. The van der Waals surface area contributed by atoms with E-state index in [9.17, 15) is 0 Å². The van der Waals surface area contributed by atoms with Crippen LogP contribution in [-0.4, -0.2) is 22.1 Å². The second-order valence-electron chi connectivity index (χ2n) is 5.78. The summed E-state index contributed by atoms with van der Waals surface area (Å²) >= 11 is 0.280. The van der Waals surface area contributed by atoms with E-state index in [1.807, 2.05) is 6.07 Å². The molecule has 3 rings (SSSR count). The first-order valence-corrected chi connectivity index (χ1v) is 10.1. The fraction of sp³-hybridized carbons (Fsp3) is 0.130. The Morgan fingerprint density at radius 3 is 2.00 bits per heavy atom. The van der Waals surface area contributed by atoms with Crippen LogP contribution >= 0.6 is 0 Å². The molecule has 126 valence electrons. The minimum absolute atomic E-state index is 0.0850. The van der Waals surface area contributed by atoms with Crippen LogP contribution in [0.1, 0.15) is 23.7 Å². The second kappa shape index (κ2) is 9.39. The molecular weight excluding hydrogens is 371 g/mol. The van der Waals surface area contributed by atoms with Crippen LogP contribution in [0.25, 0.3) is 6.08 Å². The van der Waals surface area contributed by atoms with Gasteiger partial charge in [-0.15, -0.1) is 0 Å². The van der Waals surface area contributed by atoms with Crippen molar-refractivity contribution in [1.29, 1.82) is 0 Å². The van der Waals surface area contributed by atoms with Crippen LogP contribution in [0.5, 0.6) is 0 Å². The number of ether oxygens (including phenoxy) is 1. The molecule has 1 nitrogen and oxygen atoms in total. The molecule has 0 amide bonds. The van der Waals surface area contributed by atoms with Gasteiger partial charge >= 0.3 is 156 Å². The predicted octanol–water partition coefficient (Wildman–Crippen LogP) is 4.84. The van der Waals surface area contributed by atoms with Crippen molar-refractivity contribution in [1.82, 2.24) is 0 Å². The molecule has 0 radical (unpaired) electrons. The molecule has 1 atom stereocenters. The molecule has 0 unspecified atom stereocenters. The van der Waals surface area contributed by atoms with E-state index >= 15 is 0 Å². The summed E-state index contributed by atoms with van der Waals surface area (Å²) in [5.74, 6) is 0. The van der Waals surface area contributed by atoms with Gasteiger partial charge in [-0.25, -0.2) is 0 Å². The number of hydrogen-bond acceptors (Lipinski definition) is 1. The molecular formula is C23H22OSe. The maximum atomic E-state index is 5.81. The summed E-state index contributed by atoms with van der Waals surface area (Å²) in [6.45, 7) is 0. The van der Waals surface area contributed by atoms with Gasteiger partial charge in [-0.3, -0.25) is 0 Å². The molecule has 0 N–H and O–H groups in total. The fourth-order valence-electron chi connectivity index (χ4n) is 2.69. The van der Waals surface area contributed by atoms with Crippen LogP contribution in [0, 0.1) is 0 Å². The molecule has 0 saturated heterocycles. The Hall–Kier alpha value is -2.12. The van der Waals surface area contributed by atoms with Crippen molar-refractivity contribution in [3.8, 4) is 0 Å². The van der Waals surface area contributed by atoms with Crippen molar-refractivity contribution < 1.29 is 4.74 Å². The molecule has 0 spiro atoms. The molecule has 0 saturated carbocycles. The van der Waals surface area contributed by atoms with Crippen LogP contribution in [0.4, 0.5) is 0 Å². The van der Waals surface area contributed by atoms with Crippen molar-refractivity contribution in [2.75, 3.05) is 7.11 Å². The third-order valence-electron chi connectivity index (χ3n) is 3.96. The first kappa shape index (κ1) is 17.7. The fourth-order valence-corrected chi connectivity index (χ4v) is 4.84. The monoisotopic (exact) mass is 394 g/mol. The van der Waals surface area contributed by atoms with Gasteiger partial charge < -0.3 is 0 Å². The molecule has 0 fully saturated rings. The summed E-state index contributed by atoms with van der Waals surface area (Å²) in [4.78, 5) is 0. The quantitative estimate of drug-likeness (QED) is 0.522. The average molecular weight is 393 g/mol. The zero-order valence-corrected chi connectivity index (χ0v) is 16.1. The summed E-state index contributed by atoms with van der Waals surface area (Å²) in [5, 5.41) is 0. The Bertz CT molecular complexity index is 782. The van der Waals surface area contributed by atoms with E-state index in [4.69, 9.17) is 4.74 Å². The van der Waals surface area contributed by atoms with E-state index in [1.165, 1.54) is 20.1 Å². The number of rotatable bonds is 7. The third kappa shape index (κ3) is 5.44. The summed E-state index contributed by atoms with van der Waals surface area (Å²) in [7, 11) is 1.80. The van der Waals surface area contributed by atoms with Crippen molar-refractivity contribution in [2.45, 2.75) is 12.5 Å². The summed E-state index contributed by atoms with van der Waals surface area (Å²) < 4.78 is 8.63. The van der Waals surface area contributed by atoms with Crippen molar-refractivity contribution in [2.24, 2.45) is 0 Å². The Morgan fingerprint density at radius 1 is 0.840 bits per heavy atom. The first-order chi connectivity index (χ1) is 12.3. The molecule has 0 aliphatic heterocycles. The van der Waals surface area contributed by atoms with Gasteiger partial charge in [0.25, 0.3) is 0 Å². The zero-order valence-electron chi connectivity index (χ0n) is 14.3. The molecule has 0 heterocycles. The SMILES string of the molecule is CO[C@H](C/C(=C/c1ccccc1)[Se]c1ccccc1)c1ccccc1. The Morgan fingerprint density at radius 2 is 1.40 bits per heavy atom. The Labute approximate surface area is 156 Å². The predicted molar refractivity (Wildman–Crippen MR) is 107 cm³/mol. The second-order valence-corrected chi connectivity index (χ2v) is 8.29. The van der Waals surface area contributed by atoms with E-state index in [-0.39, 0.29) is 21.1 Å². The van der Waals surface area contributed by atoms with Gasteiger partial charge in [0.15, 0.2) is 0 Å². The Balaban J connectivity index is 1.86. The van der Waals surface area contributed by atoms with E-state index in [2.05, 4.69) is 91.0 Å². The van der Waals surface area contributed by atoms with Gasteiger partial charge in [-0.2, -0.15) is 0 Å². The first-order valence-electron chi connectivity index (χ1n) is 8.41. The molecule has 0 aliphatic carbocycles. The molecule has 0 aromatic heterocycles. The van der Waals surface area contributed by atoms with Crippen LogP contribution in [-0.2, 0) is 4.74 Å². The molecule has 3 aromatic rings. The van der Waals surface area contributed by atoms with Gasteiger partial charge in [0.2, 0.25) is 0 Å². The average Bonchev–Trinajstić information content (AvgIpc) is 2.68. The maximum absolute atomic E-state index is 5.81. The van der Waals surface area contributed by atoms with E-state index in [0.717, 1.165) is 6.42 Å². The molecule has 0 bridgehead atoms. The summed E-state index contributed by atoms with van der Waals surface area (Å²) in [6, 6.07) is 31.7. The Kier molecular flexibility index (Phi) is 6.64. The third-order valence-corrected chi connectivity index (χ3v) is 6.17. The van der Waals surface area contributed by atoms with Gasteiger partial charge in [-0.1, -0.05) is 0 Å². The van der Waals surface area contributed by atoms with Gasteiger partial charge in [0.05, 0.1) is 0 Å². The van der Waals surface area contributed by atoms with Crippen LogP contribution in [0.3, 0.4) is 0 Å². The van der Waals surface area contributed by atoms with Crippen LogP contribution in [0.15, 0.2) is 95.5 Å². The molecule has 25 heavy (non-hydrogen) atoms. The van der Waals surface area contributed by atoms with Crippen molar-refractivity contribution >= 4 is 25.5 Å². The van der Waals surface area contributed by atoms with Crippen molar-refractivity contribution in [3.63, 3.8) is 0 Å². The normalized spacial score (nSPS) is 12.8. The van der Waals surface area contributed by atoms with Crippen LogP contribution in [0.2, 0.25) is 0 Å². The zero-order chi connectivity index (χ0) is 17.3. The minimum atomic E-state index is 0.0850. The van der Waals surface area contributed by atoms with Crippen molar-refractivity contribution in [3.05, 3.63) is 107 Å². The van der Waals surface area contributed by atoms with E-state index < -0.39 is 0 Å². The van der Waals surface area contributed by atoms with Gasteiger partial charge in [0.1, 0.15) is 0 Å². The number of benzene rings is 3. The van der Waals surface area contributed by atoms with Crippen LogP contribution < -0.4 is 4.46 Å². The molecule has 3 aromatic carbocycles. The summed E-state index contributed by atoms with van der Waals surface area (Å²) in [5.41, 5.74) is 2.48. The summed E-state index contributed by atoms with van der Waals surface area (Å²) in [6.07, 6.45) is 3.31. The van der Waals surface area contributed by atoms with Gasteiger partial charge in [0, 0.05) is 0 Å². The van der Waals surface area contributed by atoms with E-state index in [1.54, 1.807) is 7.11 Å². The topological polar surface area (TPSA) is 9.23 Å². The van der Waals surface area contributed by atoms with Gasteiger partial charge in [-0.05, 0) is 0 Å². The van der Waals surface area contributed by atoms with E-state index in [0.29, 0.717) is 0 Å². The molecule has 0 aliphatic rings. The number of methoxy groups -OCH3 is 1.